The molecule has 0 atom stereocenters. The zero-order chi connectivity index (χ0) is 34.4. The number of carbonyl (C=O) groups is 2. The summed E-state index contributed by atoms with van der Waals surface area (Å²) in [4.78, 5) is 22.2. The minimum absolute atomic E-state index is 0.150. The summed E-state index contributed by atoms with van der Waals surface area (Å²) in [6, 6.07) is 6.93. The Bertz CT molecular complexity index is 825. The van der Waals surface area contributed by atoms with Crippen molar-refractivity contribution in [2.45, 2.75) is 45.4 Å². The summed E-state index contributed by atoms with van der Waals surface area (Å²) in [5, 5.41) is 0. The summed E-state index contributed by atoms with van der Waals surface area (Å²) in [6.07, 6.45) is 6.85. The second-order valence-electron chi connectivity index (χ2n) is 10.4. The van der Waals surface area contributed by atoms with Crippen LogP contribution in [-0.4, -0.2) is 144 Å². The molecular weight excluding hydrogens is 628 g/mol. The smallest absolute Gasteiger partial charge is 0.305 e. The van der Waals surface area contributed by atoms with E-state index in [4.69, 9.17) is 52.1 Å². The topological polar surface area (TPSA) is 136 Å². The van der Waals surface area contributed by atoms with Gasteiger partial charge in [0.05, 0.1) is 119 Å². The normalized spacial score (nSPS) is 11.2. The molecule has 0 unspecified atom stereocenters. The zero-order valence-electron chi connectivity index (χ0n) is 29.1. The molecule has 0 saturated heterocycles. The minimum atomic E-state index is -0.150. The van der Waals surface area contributed by atoms with Gasteiger partial charge in [-0.25, -0.2) is 0 Å². The standard InChI is InChI=1S/C35H60O13/c1-2-3-4-5-6-7-35(37)48-31-29-46-27-25-44-23-21-42-19-17-40-15-13-38-12-14-39-16-18-41-20-22-43-24-26-45-28-30-47-34-10-8-33(32-36)9-11-34/h8-11,32H,2-7,12-31H2,1H3. The van der Waals surface area contributed by atoms with Gasteiger partial charge >= 0.3 is 5.97 Å². The Kier molecular flexibility index (Phi) is 32.9. The summed E-state index contributed by atoms with van der Waals surface area (Å²) in [5.74, 6) is 0.552. The number of carbonyl (C=O) groups excluding carboxylic acids is 2. The molecule has 0 N–H and O–H groups in total. The highest BCUT2D eigenvalue weighted by Crippen LogP contribution is 2.10. The molecule has 1 aromatic rings. The second kappa shape index (κ2) is 36.1. The summed E-state index contributed by atoms with van der Waals surface area (Å²) in [5.41, 5.74) is 0.616. The number of benzene rings is 1. The maximum Gasteiger partial charge on any atom is 0.305 e. The van der Waals surface area contributed by atoms with Gasteiger partial charge in [-0.3, -0.25) is 9.59 Å². The third-order valence-electron chi connectivity index (χ3n) is 6.46. The molecule has 0 aliphatic carbocycles. The maximum atomic E-state index is 11.6. The van der Waals surface area contributed by atoms with Crippen molar-refractivity contribution in [3.63, 3.8) is 0 Å². The van der Waals surface area contributed by atoms with Crippen molar-refractivity contribution in [1.82, 2.24) is 0 Å². The molecule has 0 heterocycles. The van der Waals surface area contributed by atoms with E-state index in [1.165, 1.54) is 19.3 Å². The van der Waals surface area contributed by atoms with Crippen molar-refractivity contribution in [3.8, 4) is 5.75 Å². The highest BCUT2D eigenvalue weighted by molar-refractivity contribution is 5.74. The van der Waals surface area contributed by atoms with Gasteiger partial charge in [0.1, 0.15) is 25.2 Å². The van der Waals surface area contributed by atoms with Crippen LogP contribution in [0, 0.1) is 0 Å². The number of hydrogen-bond acceptors (Lipinski definition) is 13. The first-order valence-electron chi connectivity index (χ1n) is 17.3. The fourth-order valence-corrected chi connectivity index (χ4v) is 3.88. The van der Waals surface area contributed by atoms with E-state index in [2.05, 4.69) is 6.92 Å². The Balaban J connectivity index is 1.65. The summed E-state index contributed by atoms with van der Waals surface area (Å²) < 4.78 is 59.8. The third-order valence-corrected chi connectivity index (χ3v) is 6.46. The molecule has 48 heavy (non-hydrogen) atoms. The van der Waals surface area contributed by atoms with Crippen LogP contribution in [0.1, 0.15) is 55.8 Å². The number of hydrogen-bond donors (Lipinski definition) is 0. The van der Waals surface area contributed by atoms with Gasteiger partial charge in [0.2, 0.25) is 0 Å². The molecule has 0 aliphatic heterocycles. The number of rotatable bonds is 38. The highest BCUT2D eigenvalue weighted by Gasteiger charge is 2.02. The van der Waals surface area contributed by atoms with Crippen molar-refractivity contribution < 1.29 is 61.7 Å². The van der Waals surface area contributed by atoms with E-state index in [-0.39, 0.29) is 12.6 Å². The van der Waals surface area contributed by atoms with Gasteiger partial charge < -0.3 is 52.1 Å². The minimum Gasteiger partial charge on any atom is -0.491 e. The predicted octanol–water partition coefficient (Wildman–Crippen LogP) is 3.93. The lowest BCUT2D eigenvalue weighted by molar-refractivity contribution is -0.145. The summed E-state index contributed by atoms with van der Waals surface area (Å²) >= 11 is 0. The monoisotopic (exact) mass is 688 g/mol. The van der Waals surface area contributed by atoms with E-state index in [0.29, 0.717) is 143 Å². The first-order valence-corrected chi connectivity index (χ1v) is 17.3. The molecule has 0 fully saturated rings. The lowest BCUT2D eigenvalue weighted by atomic mass is 10.1. The van der Waals surface area contributed by atoms with Gasteiger partial charge in [0.25, 0.3) is 0 Å². The number of esters is 1. The quantitative estimate of drug-likeness (QED) is 0.0565. The van der Waals surface area contributed by atoms with Gasteiger partial charge in [0, 0.05) is 12.0 Å². The van der Waals surface area contributed by atoms with Crippen molar-refractivity contribution in [2.24, 2.45) is 0 Å². The number of aldehydes is 1. The lowest BCUT2D eigenvalue weighted by Gasteiger charge is -2.09. The van der Waals surface area contributed by atoms with E-state index < -0.39 is 0 Å². The Morgan fingerprint density at radius 1 is 0.479 bits per heavy atom. The molecule has 0 spiro atoms. The lowest BCUT2D eigenvalue weighted by Crippen LogP contribution is -2.15. The number of ether oxygens (including phenoxy) is 11. The molecule has 1 rings (SSSR count). The van der Waals surface area contributed by atoms with Crippen molar-refractivity contribution in [3.05, 3.63) is 29.8 Å². The van der Waals surface area contributed by atoms with Crippen molar-refractivity contribution >= 4 is 12.3 Å². The van der Waals surface area contributed by atoms with Gasteiger partial charge in [-0.05, 0) is 30.7 Å². The molecule has 0 amide bonds. The predicted molar refractivity (Wildman–Crippen MR) is 179 cm³/mol. The van der Waals surface area contributed by atoms with E-state index >= 15 is 0 Å². The van der Waals surface area contributed by atoms with Crippen molar-refractivity contribution in [2.75, 3.05) is 132 Å². The van der Waals surface area contributed by atoms with E-state index in [9.17, 15) is 9.59 Å². The summed E-state index contributed by atoms with van der Waals surface area (Å²) in [7, 11) is 0. The Morgan fingerprint density at radius 3 is 1.21 bits per heavy atom. The largest absolute Gasteiger partial charge is 0.491 e. The van der Waals surface area contributed by atoms with Crippen LogP contribution in [0.25, 0.3) is 0 Å². The average molecular weight is 689 g/mol. The van der Waals surface area contributed by atoms with E-state index in [1.807, 2.05) is 0 Å². The van der Waals surface area contributed by atoms with Crippen LogP contribution in [-0.2, 0) is 52.2 Å². The van der Waals surface area contributed by atoms with Crippen LogP contribution in [0.3, 0.4) is 0 Å². The molecule has 0 bridgehead atoms. The van der Waals surface area contributed by atoms with E-state index in [1.54, 1.807) is 24.3 Å². The van der Waals surface area contributed by atoms with Gasteiger partial charge in [-0.2, -0.15) is 0 Å². The fraction of sp³-hybridized carbons (Fsp3) is 0.771. The van der Waals surface area contributed by atoms with Crippen LogP contribution in [0.2, 0.25) is 0 Å². The Hall–Kier alpha value is -2.20. The SMILES string of the molecule is CCCCCCCC(=O)OCCOCCOCCOCCOCCOCCOCCOCCOCCOCCOc1ccc(C=O)cc1. The van der Waals surface area contributed by atoms with Gasteiger partial charge in [-0.15, -0.1) is 0 Å². The molecule has 0 aromatic heterocycles. The third kappa shape index (κ3) is 31.1. The number of unbranched alkanes of at least 4 members (excludes halogenated alkanes) is 4. The fourth-order valence-electron chi connectivity index (χ4n) is 3.88. The van der Waals surface area contributed by atoms with E-state index in [0.717, 1.165) is 19.1 Å². The van der Waals surface area contributed by atoms with Crippen LogP contribution < -0.4 is 4.74 Å². The zero-order valence-corrected chi connectivity index (χ0v) is 29.1. The molecule has 13 heteroatoms. The van der Waals surface area contributed by atoms with Crippen LogP contribution in [0.5, 0.6) is 5.75 Å². The highest BCUT2D eigenvalue weighted by atomic mass is 16.6. The van der Waals surface area contributed by atoms with Crippen LogP contribution >= 0.6 is 0 Å². The first-order chi connectivity index (χ1) is 23.8. The molecule has 0 aliphatic rings. The van der Waals surface area contributed by atoms with Gasteiger partial charge in [0.15, 0.2) is 0 Å². The van der Waals surface area contributed by atoms with Crippen LogP contribution in [0.4, 0.5) is 0 Å². The van der Waals surface area contributed by atoms with Crippen LogP contribution in [0.15, 0.2) is 24.3 Å². The van der Waals surface area contributed by atoms with Crippen molar-refractivity contribution in [1.29, 1.82) is 0 Å². The Labute approximate surface area is 287 Å². The van der Waals surface area contributed by atoms with Gasteiger partial charge in [-0.1, -0.05) is 32.6 Å². The molecule has 0 radical (unpaired) electrons. The molecule has 1 aromatic carbocycles. The molecular formula is C35H60O13. The molecule has 278 valence electrons. The second-order valence-corrected chi connectivity index (χ2v) is 10.4. The molecule has 0 saturated carbocycles. The molecule has 13 nitrogen and oxygen atoms in total. The first kappa shape index (κ1) is 43.8. The average Bonchev–Trinajstić information content (AvgIpc) is 3.10. The maximum absolute atomic E-state index is 11.6. The summed E-state index contributed by atoms with van der Waals surface area (Å²) in [6.45, 7) is 11.5. The Morgan fingerprint density at radius 2 is 0.833 bits per heavy atom.